The van der Waals surface area contributed by atoms with E-state index in [2.05, 4.69) is 15.5 Å². The molecule has 31 heavy (non-hydrogen) atoms. The van der Waals surface area contributed by atoms with Gasteiger partial charge in [-0.3, -0.25) is 9.59 Å². The average molecular weight is 434 g/mol. The van der Waals surface area contributed by atoms with E-state index < -0.39 is 0 Å². The summed E-state index contributed by atoms with van der Waals surface area (Å²) in [5.74, 6) is -0.00430. The van der Waals surface area contributed by atoms with E-state index in [-0.39, 0.29) is 24.6 Å². The Labute approximate surface area is 183 Å². The van der Waals surface area contributed by atoms with Crippen LogP contribution in [0.25, 0.3) is 16.6 Å². The molecule has 0 bridgehead atoms. The minimum Gasteiger partial charge on any atom is -0.350 e. The normalized spacial score (nSPS) is 13.5. The summed E-state index contributed by atoms with van der Waals surface area (Å²) >= 11 is 6.16. The number of fused-ring (bicyclic) bond motifs is 1. The highest BCUT2D eigenvalue weighted by atomic mass is 35.5. The lowest BCUT2D eigenvalue weighted by atomic mass is 10.2. The molecule has 0 spiro atoms. The topological polar surface area (TPSA) is 81.8 Å². The molecule has 2 aromatic heterocycles. The maximum absolute atomic E-state index is 13.3. The molecule has 2 heterocycles. The summed E-state index contributed by atoms with van der Waals surface area (Å²) in [6.45, 7) is 0.117. The summed E-state index contributed by atoms with van der Waals surface area (Å²) in [5, 5.41) is 13.2. The first-order valence-corrected chi connectivity index (χ1v) is 10.5. The second-order valence-corrected chi connectivity index (χ2v) is 8.05. The zero-order valence-corrected chi connectivity index (χ0v) is 17.4. The van der Waals surface area contributed by atoms with Crippen LogP contribution in [0.5, 0.6) is 0 Å². The van der Waals surface area contributed by atoms with Gasteiger partial charge in [-0.15, -0.1) is 0 Å². The molecule has 7 nitrogen and oxygen atoms in total. The van der Waals surface area contributed by atoms with E-state index in [0.717, 1.165) is 35.2 Å². The van der Waals surface area contributed by atoms with Crippen LogP contribution < -0.4 is 10.9 Å². The number of hydrogen-bond acceptors (Lipinski definition) is 4. The lowest BCUT2D eigenvalue weighted by molar-refractivity contribution is -0.122. The molecular formula is C23H20ClN5O2. The van der Waals surface area contributed by atoms with E-state index in [9.17, 15) is 9.59 Å². The zero-order chi connectivity index (χ0) is 21.4. The van der Waals surface area contributed by atoms with Gasteiger partial charge in [-0.1, -0.05) is 48.0 Å². The highest BCUT2D eigenvalue weighted by Crippen LogP contribution is 2.41. The van der Waals surface area contributed by atoms with Crippen LogP contribution in [0.3, 0.4) is 0 Å². The molecule has 0 unspecified atom stereocenters. The van der Waals surface area contributed by atoms with Gasteiger partial charge in [0.2, 0.25) is 5.91 Å². The fourth-order valence-corrected chi connectivity index (χ4v) is 3.85. The minimum atomic E-state index is -0.339. The van der Waals surface area contributed by atoms with E-state index in [1.54, 1.807) is 16.9 Å². The number of para-hydroxylation sites is 1. The predicted octanol–water partition coefficient (Wildman–Crippen LogP) is 3.43. The van der Waals surface area contributed by atoms with Crippen molar-refractivity contribution < 1.29 is 4.79 Å². The second-order valence-electron chi connectivity index (χ2n) is 7.64. The third kappa shape index (κ3) is 3.84. The fraction of sp³-hybridized carbons (Fsp3) is 0.217. The van der Waals surface area contributed by atoms with Crippen LogP contribution in [-0.2, 0) is 17.9 Å². The van der Waals surface area contributed by atoms with Crippen LogP contribution in [0.4, 0.5) is 0 Å². The number of nitrogens with one attached hydrogen (secondary N) is 1. The number of carbonyl (C=O) groups excluding carboxylic acids is 1. The molecule has 0 saturated heterocycles. The Bertz CT molecular complexity index is 1330. The predicted molar refractivity (Wildman–Crippen MR) is 118 cm³/mol. The standard InChI is InChI=1S/C23H20ClN5O2/c24-19-9-5-4-6-16(19)12-25-20(30)14-28-23(31)22-18(21(27-28)15-10-11-15)13-26-29(22)17-7-2-1-3-8-17/h1-9,13,15H,10-12,14H2,(H,25,30). The molecule has 8 heteroatoms. The second kappa shape index (κ2) is 8.00. The first kappa shape index (κ1) is 19.5. The van der Waals surface area contributed by atoms with Gasteiger partial charge in [-0.25, -0.2) is 9.36 Å². The number of aromatic nitrogens is 4. The SMILES string of the molecule is O=C(Cn1nc(C2CC2)c2cnn(-c3ccccc3)c2c1=O)NCc1ccccc1Cl. The van der Waals surface area contributed by atoms with Crippen molar-refractivity contribution in [3.63, 3.8) is 0 Å². The minimum absolute atomic E-state index is 0.168. The monoisotopic (exact) mass is 433 g/mol. The van der Waals surface area contributed by atoms with Crippen LogP contribution >= 0.6 is 11.6 Å². The van der Waals surface area contributed by atoms with Crippen molar-refractivity contribution in [3.05, 3.63) is 87.4 Å². The quantitative estimate of drug-likeness (QED) is 0.505. The number of benzene rings is 2. The van der Waals surface area contributed by atoms with Crippen LogP contribution in [0.2, 0.25) is 5.02 Å². The third-order valence-electron chi connectivity index (χ3n) is 5.40. The summed E-state index contributed by atoms with van der Waals surface area (Å²) in [7, 11) is 0. The molecule has 1 amide bonds. The van der Waals surface area contributed by atoms with E-state index in [1.165, 1.54) is 4.68 Å². The summed E-state index contributed by atoms with van der Waals surface area (Å²) in [5.41, 5.74) is 2.54. The van der Waals surface area contributed by atoms with Gasteiger partial charge in [0.1, 0.15) is 12.1 Å². The Hall–Kier alpha value is -3.45. The van der Waals surface area contributed by atoms with Crippen LogP contribution in [-0.4, -0.2) is 25.5 Å². The lowest BCUT2D eigenvalue weighted by Gasteiger charge is -2.11. The molecule has 1 saturated carbocycles. The molecule has 4 aromatic rings. The van der Waals surface area contributed by atoms with Crippen LogP contribution in [0, 0.1) is 0 Å². The van der Waals surface area contributed by atoms with E-state index in [0.29, 0.717) is 16.5 Å². The molecule has 1 fully saturated rings. The van der Waals surface area contributed by atoms with Crippen LogP contribution in [0.15, 0.2) is 65.6 Å². The van der Waals surface area contributed by atoms with Gasteiger partial charge in [-0.05, 0) is 36.6 Å². The van der Waals surface area contributed by atoms with Crippen molar-refractivity contribution >= 4 is 28.4 Å². The smallest absolute Gasteiger partial charge is 0.293 e. The Kier molecular flexibility index (Phi) is 5.03. The van der Waals surface area contributed by atoms with Gasteiger partial charge < -0.3 is 5.32 Å². The van der Waals surface area contributed by atoms with Gasteiger partial charge in [0.15, 0.2) is 0 Å². The molecule has 0 radical (unpaired) electrons. The number of rotatable bonds is 6. The summed E-state index contributed by atoms with van der Waals surface area (Å²) < 4.78 is 2.88. The van der Waals surface area contributed by atoms with Gasteiger partial charge in [0, 0.05) is 22.9 Å². The average Bonchev–Trinajstić information content (AvgIpc) is 3.53. The lowest BCUT2D eigenvalue weighted by Crippen LogP contribution is -2.34. The van der Waals surface area contributed by atoms with Crippen molar-refractivity contribution in [1.29, 1.82) is 0 Å². The van der Waals surface area contributed by atoms with Crippen molar-refractivity contribution in [2.45, 2.75) is 31.8 Å². The maximum Gasteiger partial charge on any atom is 0.293 e. The highest BCUT2D eigenvalue weighted by molar-refractivity contribution is 6.31. The Morgan fingerprint density at radius 1 is 1.10 bits per heavy atom. The molecule has 2 aromatic carbocycles. The Balaban J connectivity index is 1.48. The molecule has 1 aliphatic carbocycles. The largest absolute Gasteiger partial charge is 0.350 e. The van der Waals surface area contributed by atoms with Crippen molar-refractivity contribution in [2.75, 3.05) is 0 Å². The Morgan fingerprint density at radius 2 is 1.84 bits per heavy atom. The number of halogens is 1. The number of amides is 1. The fourth-order valence-electron chi connectivity index (χ4n) is 3.65. The molecule has 5 rings (SSSR count). The van der Waals surface area contributed by atoms with E-state index in [4.69, 9.17) is 11.6 Å². The maximum atomic E-state index is 13.3. The molecule has 0 atom stereocenters. The first-order valence-electron chi connectivity index (χ1n) is 10.2. The summed E-state index contributed by atoms with van der Waals surface area (Å²) in [4.78, 5) is 25.9. The van der Waals surface area contributed by atoms with E-state index in [1.807, 2.05) is 48.5 Å². The highest BCUT2D eigenvalue weighted by Gasteiger charge is 2.30. The van der Waals surface area contributed by atoms with Gasteiger partial charge in [0.05, 0.1) is 17.6 Å². The summed E-state index contributed by atoms with van der Waals surface area (Å²) in [6, 6.07) is 16.8. The van der Waals surface area contributed by atoms with Crippen molar-refractivity contribution in [1.82, 2.24) is 24.9 Å². The first-order chi connectivity index (χ1) is 15.1. The number of hydrogen-bond donors (Lipinski definition) is 1. The van der Waals surface area contributed by atoms with Crippen molar-refractivity contribution in [3.8, 4) is 5.69 Å². The van der Waals surface area contributed by atoms with Crippen LogP contribution in [0.1, 0.15) is 30.0 Å². The summed E-state index contributed by atoms with van der Waals surface area (Å²) in [6.07, 6.45) is 3.75. The molecule has 1 aliphatic rings. The van der Waals surface area contributed by atoms with Crippen molar-refractivity contribution in [2.24, 2.45) is 0 Å². The van der Waals surface area contributed by atoms with E-state index >= 15 is 0 Å². The molecule has 156 valence electrons. The Morgan fingerprint density at radius 3 is 2.58 bits per heavy atom. The third-order valence-corrected chi connectivity index (χ3v) is 5.77. The van der Waals surface area contributed by atoms with Gasteiger partial charge in [-0.2, -0.15) is 10.2 Å². The number of carbonyl (C=O) groups is 1. The molecule has 0 aliphatic heterocycles. The van der Waals surface area contributed by atoms with Gasteiger partial charge in [0.25, 0.3) is 5.56 Å². The van der Waals surface area contributed by atoms with Gasteiger partial charge >= 0.3 is 0 Å². The number of nitrogens with zero attached hydrogens (tertiary/aromatic N) is 4. The molecule has 1 N–H and O–H groups in total. The zero-order valence-electron chi connectivity index (χ0n) is 16.7. The molecular weight excluding hydrogens is 414 g/mol.